The van der Waals surface area contributed by atoms with Crippen LogP contribution in [0.15, 0.2) is 182 Å². The van der Waals surface area contributed by atoms with Gasteiger partial charge in [0.05, 0.1) is 22.6 Å². The van der Waals surface area contributed by atoms with Gasteiger partial charge in [-0.15, -0.1) is 0 Å². The molecule has 3 aromatic heterocycles. The fourth-order valence-corrected chi connectivity index (χ4v) is 6.72. The molecule has 0 saturated heterocycles. The lowest BCUT2D eigenvalue weighted by molar-refractivity contribution is 1.18. The van der Waals surface area contributed by atoms with Crippen molar-refractivity contribution in [2.75, 3.05) is 0 Å². The molecule has 0 aliphatic carbocycles. The van der Waals surface area contributed by atoms with Crippen LogP contribution < -0.4 is 0 Å². The number of aromatic nitrogens is 4. The zero-order valence-corrected chi connectivity index (χ0v) is 27.1. The van der Waals surface area contributed by atoms with Crippen molar-refractivity contribution < 1.29 is 0 Å². The van der Waals surface area contributed by atoms with Gasteiger partial charge < -0.3 is 0 Å². The van der Waals surface area contributed by atoms with Gasteiger partial charge in [-0.2, -0.15) is 0 Å². The van der Waals surface area contributed by atoms with Crippen LogP contribution in [0.3, 0.4) is 0 Å². The third kappa shape index (κ3) is 5.49. The van der Waals surface area contributed by atoms with Crippen LogP contribution in [0.2, 0.25) is 0 Å². The molecule has 0 bridgehead atoms. The van der Waals surface area contributed by atoms with E-state index in [1.54, 1.807) is 0 Å². The first-order chi connectivity index (χ1) is 24.8. The van der Waals surface area contributed by atoms with E-state index in [-0.39, 0.29) is 0 Å². The molecule has 0 fully saturated rings. The van der Waals surface area contributed by atoms with Crippen LogP contribution in [0.25, 0.3) is 89.1 Å². The molecule has 0 amide bonds. The highest BCUT2D eigenvalue weighted by Gasteiger charge is 2.16. The molecule has 0 atom stereocenters. The van der Waals surface area contributed by atoms with Crippen molar-refractivity contribution in [2.24, 2.45) is 0 Å². The Morgan fingerprint density at radius 3 is 1.60 bits per heavy atom. The average Bonchev–Trinajstić information content (AvgIpc) is 3.21. The number of hydrogen-bond acceptors (Lipinski definition) is 4. The van der Waals surface area contributed by atoms with E-state index < -0.39 is 0 Å². The SMILES string of the molecule is c1ccc(-c2cc(-c3ccc(-c4ccc5nc(-c6ccncc6)c6cccc(-c7ccccc7)c6c5c4)cc3)nc(-c3ccccc3)n2)cc1. The lowest BCUT2D eigenvalue weighted by Crippen LogP contribution is -1.95. The summed E-state index contributed by atoms with van der Waals surface area (Å²) in [7, 11) is 0. The van der Waals surface area contributed by atoms with Gasteiger partial charge in [0.25, 0.3) is 0 Å². The first-order valence-electron chi connectivity index (χ1n) is 16.7. The van der Waals surface area contributed by atoms with Crippen molar-refractivity contribution in [1.82, 2.24) is 19.9 Å². The molecule has 0 unspecified atom stereocenters. The average molecular weight is 639 g/mol. The van der Waals surface area contributed by atoms with E-state index >= 15 is 0 Å². The standard InChI is InChI=1S/C46H30N4/c1-4-11-32(12-5-1)38-17-10-18-39-44(38)40-29-37(23-24-41(40)48-45(39)35-25-27-47-28-26-35)31-19-21-34(22-20-31)43-30-42(33-13-6-2-7-14-33)49-46(50-43)36-15-8-3-9-16-36/h1-30H. The smallest absolute Gasteiger partial charge is 0.160 e. The van der Waals surface area contributed by atoms with Gasteiger partial charge in [-0.1, -0.05) is 140 Å². The molecule has 0 N–H and O–H groups in total. The van der Waals surface area contributed by atoms with Gasteiger partial charge in [-0.05, 0) is 52.6 Å². The molecule has 4 heteroatoms. The Morgan fingerprint density at radius 2 is 0.920 bits per heavy atom. The Morgan fingerprint density at radius 1 is 0.340 bits per heavy atom. The van der Waals surface area contributed by atoms with Gasteiger partial charge in [0.2, 0.25) is 0 Å². The minimum absolute atomic E-state index is 0.709. The van der Waals surface area contributed by atoms with E-state index in [9.17, 15) is 0 Å². The summed E-state index contributed by atoms with van der Waals surface area (Å²) in [5, 5.41) is 3.43. The van der Waals surface area contributed by atoms with Crippen molar-refractivity contribution in [3.63, 3.8) is 0 Å². The van der Waals surface area contributed by atoms with Gasteiger partial charge >= 0.3 is 0 Å². The van der Waals surface area contributed by atoms with Crippen LogP contribution in [-0.4, -0.2) is 19.9 Å². The molecular weight excluding hydrogens is 609 g/mol. The second-order valence-corrected chi connectivity index (χ2v) is 12.3. The number of nitrogens with zero attached hydrogens (tertiary/aromatic N) is 4. The van der Waals surface area contributed by atoms with Crippen LogP contribution in [0.4, 0.5) is 0 Å². The molecule has 3 heterocycles. The maximum atomic E-state index is 5.22. The molecule has 0 aliphatic heterocycles. The normalized spacial score (nSPS) is 11.2. The predicted octanol–water partition coefficient (Wildman–Crippen LogP) is 11.6. The Labute approximate surface area is 290 Å². The molecule has 4 nitrogen and oxygen atoms in total. The summed E-state index contributed by atoms with van der Waals surface area (Å²) < 4.78 is 0. The highest BCUT2D eigenvalue weighted by Crippen LogP contribution is 2.40. The number of rotatable bonds is 6. The van der Waals surface area contributed by atoms with E-state index in [0.29, 0.717) is 5.82 Å². The lowest BCUT2D eigenvalue weighted by Gasteiger charge is -2.15. The largest absolute Gasteiger partial charge is 0.265 e. The zero-order chi connectivity index (χ0) is 33.3. The monoisotopic (exact) mass is 638 g/mol. The number of pyridine rings is 2. The predicted molar refractivity (Wildman–Crippen MR) is 205 cm³/mol. The summed E-state index contributed by atoms with van der Waals surface area (Å²) in [6, 6.07) is 59.0. The van der Waals surface area contributed by atoms with E-state index in [4.69, 9.17) is 15.0 Å². The van der Waals surface area contributed by atoms with Crippen LogP contribution >= 0.6 is 0 Å². The quantitative estimate of drug-likeness (QED) is 0.170. The minimum Gasteiger partial charge on any atom is -0.265 e. The summed E-state index contributed by atoms with van der Waals surface area (Å²) in [5.74, 6) is 0.709. The highest BCUT2D eigenvalue weighted by atomic mass is 14.9. The summed E-state index contributed by atoms with van der Waals surface area (Å²) in [6.45, 7) is 0. The minimum atomic E-state index is 0.709. The lowest BCUT2D eigenvalue weighted by atomic mass is 9.91. The molecule has 0 saturated carbocycles. The summed E-state index contributed by atoms with van der Waals surface area (Å²) in [6.07, 6.45) is 3.65. The van der Waals surface area contributed by atoms with Crippen LogP contribution in [0.1, 0.15) is 0 Å². The van der Waals surface area contributed by atoms with Gasteiger partial charge in [0.15, 0.2) is 5.82 Å². The van der Waals surface area contributed by atoms with Gasteiger partial charge in [0, 0.05) is 50.8 Å². The number of hydrogen-bond donors (Lipinski definition) is 0. The fourth-order valence-electron chi connectivity index (χ4n) is 6.72. The topological polar surface area (TPSA) is 51.6 Å². The molecule has 50 heavy (non-hydrogen) atoms. The summed E-state index contributed by atoms with van der Waals surface area (Å²) in [5.41, 5.74) is 12.4. The first-order valence-corrected chi connectivity index (χ1v) is 16.7. The van der Waals surface area contributed by atoms with Crippen molar-refractivity contribution in [3.8, 4) is 67.4 Å². The van der Waals surface area contributed by atoms with E-state index in [2.05, 4.69) is 126 Å². The van der Waals surface area contributed by atoms with Crippen molar-refractivity contribution in [2.45, 2.75) is 0 Å². The molecular formula is C46H30N4. The Kier molecular flexibility index (Phi) is 7.45. The number of fused-ring (bicyclic) bond motifs is 3. The van der Waals surface area contributed by atoms with Crippen LogP contribution in [-0.2, 0) is 0 Å². The van der Waals surface area contributed by atoms with Crippen LogP contribution in [0.5, 0.6) is 0 Å². The number of benzene rings is 6. The van der Waals surface area contributed by atoms with Crippen molar-refractivity contribution in [1.29, 1.82) is 0 Å². The highest BCUT2D eigenvalue weighted by molar-refractivity contribution is 6.17. The molecule has 0 aliphatic rings. The Hall–Kier alpha value is -6.78. The maximum absolute atomic E-state index is 5.22. The zero-order valence-electron chi connectivity index (χ0n) is 27.1. The van der Waals surface area contributed by atoms with Gasteiger partial charge in [-0.25, -0.2) is 15.0 Å². The maximum Gasteiger partial charge on any atom is 0.160 e. The summed E-state index contributed by atoms with van der Waals surface area (Å²) in [4.78, 5) is 19.4. The summed E-state index contributed by atoms with van der Waals surface area (Å²) >= 11 is 0. The van der Waals surface area contributed by atoms with Crippen molar-refractivity contribution in [3.05, 3.63) is 182 Å². The Balaban J connectivity index is 1.17. The van der Waals surface area contributed by atoms with Gasteiger partial charge in [0.1, 0.15) is 0 Å². The van der Waals surface area contributed by atoms with Crippen LogP contribution in [0, 0.1) is 0 Å². The molecule has 6 aromatic carbocycles. The molecule has 234 valence electrons. The van der Waals surface area contributed by atoms with E-state index in [0.717, 1.165) is 66.8 Å². The Bertz CT molecular complexity index is 2550. The molecule has 0 radical (unpaired) electrons. The third-order valence-corrected chi connectivity index (χ3v) is 9.20. The molecule has 9 aromatic rings. The second-order valence-electron chi connectivity index (χ2n) is 12.3. The third-order valence-electron chi connectivity index (χ3n) is 9.20. The molecule has 9 rings (SSSR count). The van der Waals surface area contributed by atoms with Gasteiger partial charge in [-0.3, -0.25) is 4.98 Å². The first kappa shape index (κ1) is 29.4. The van der Waals surface area contributed by atoms with E-state index in [1.165, 1.54) is 16.5 Å². The second kappa shape index (κ2) is 12.7. The van der Waals surface area contributed by atoms with Crippen molar-refractivity contribution >= 4 is 21.7 Å². The fraction of sp³-hybridized carbons (Fsp3) is 0. The van der Waals surface area contributed by atoms with E-state index in [1.807, 2.05) is 60.9 Å². The molecule has 0 spiro atoms.